The van der Waals surface area contributed by atoms with E-state index < -0.39 is 0 Å². The number of nitrogens with zero attached hydrogens (tertiary/aromatic N) is 4. The van der Waals surface area contributed by atoms with E-state index in [1.807, 2.05) is 18.3 Å². The number of rotatable bonds is 4. The van der Waals surface area contributed by atoms with E-state index in [2.05, 4.69) is 90.3 Å². The van der Waals surface area contributed by atoms with E-state index in [-0.39, 0.29) is 11.1 Å². The Kier molecular flexibility index (Phi) is 5.23. The Morgan fingerprint density at radius 1 is 1.00 bits per heavy atom. The molecule has 2 aromatic carbocycles. The molecule has 3 heterocycles. The van der Waals surface area contributed by atoms with Gasteiger partial charge in [-0.15, -0.1) is 22.7 Å². The molecule has 0 radical (unpaired) electrons. The number of fused-ring (bicyclic) bond motifs is 4. The van der Waals surface area contributed by atoms with Crippen molar-refractivity contribution < 1.29 is 0 Å². The van der Waals surface area contributed by atoms with Crippen molar-refractivity contribution in [3.63, 3.8) is 0 Å². The molecule has 1 aliphatic rings. The first-order chi connectivity index (χ1) is 17.5. The molecule has 0 atom stereocenters. The molecule has 0 unspecified atom stereocenters. The Bertz CT molecular complexity index is 1690. The molecular formula is C30H20N4S2. The van der Waals surface area contributed by atoms with Crippen molar-refractivity contribution in [3.8, 4) is 16.6 Å². The fourth-order valence-corrected chi connectivity index (χ4v) is 7.15. The predicted octanol–water partition coefficient (Wildman–Crippen LogP) is 8.92. The molecule has 0 fully saturated rings. The van der Waals surface area contributed by atoms with Gasteiger partial charge in [0.2, 0.25) is 0 Å². The third-order valence-electron chi connectivity index (χ3n) is 6.61. The number of para-hydroxylation sites is 1. The van der Waals surface area contributed by atoms with Gasteiger partial charge in [-0.3, -0.25) is 4.98 Å². The van der Waals surface area contributed by atoms with E-state index in [4.69, 9.17) is 16.8 Å². The molecule has 0 spiro atoms. The fraction of sp³-hybridized carbons (Fsp3) is 0.100. The largest absolute Gasteiger partial charge is 0.300 e. The third kappa shape index (κ3) is 3.51. The second-order valence-electron chi connectivity index (χ2n) is 9.15. The SMILES string of the molecule is [C-]#[N+]/C(C#N)=C\c1cc2c(s1)-c1ncc(N(c3ccccc3)c3cc4ccccc4s3)cc1C2(C)C. The van der Waals surface area contributed by atoms with Crippen LogP contribution in [0, 0.1) is 17.9 Å². The monoisotopic (exact) mass is 500 g/mol. The highest BCUT2D eigenvalue weighted by Gasteiger charge is 2.39. The van der Waals surface area contributed by atoms with Crippen molar-refractivity contribution in [2.24, 2.45) is 0 Å². The van der Waals surface area contributed by atoms with E-state index in [0.717, 1.165) is 31.8 Å². The van der Waals surface area contributed by atoms with Crippen molar-refractivity contribution in [3.05, 3.63) is 112 Å². The Balaban J connectivity index is 1.49. The van der Waals surface area contributed by atoms with Gasteiger partial charge in [0.05, 0.1) is 35.1 Å². The Morgan fingerprint density at radius 2 is 1.78 bits per heavy atom. The molecular weight excluding hydrogens is 480 g/mol. The number of pyridine rings is 1. The zero-order valence-electron chi connectivity index (χ0n) is 19.7. The van der Waals surface area contributed by atoms with Crippen LogP contribution in [-0.4, -0.2) is 4.98 Å². The van der Waals surface area contributed by atoms with Crippen LogP contribution in [0.3, 0.4) is 0 Å². The summed E-state index contributed by atoms with van der Waals surface area (Å²) in [6.45, 7) is 11.6. The molecule has 4 nitrogen and oxygen atoms in total. The first kappa shape index (κ1) is 22.2. The quantitative estimate of drug-likeness (QED) is 0.183. The summed E-state index contributed by atoms with van der Waals surface area (Å²) in [5.41, 5.74) is 5.32. The smallest absolute Gasteiger partial charge is 0.263 e. The summed E-state index contributed by atoms with van der Waals surface area (Å²) < 4.78 is 1.25. The summed E-state index contributed by atoms with van der Waals surface area (Å²) in [5.74, 6) is 0. The summed E-state index contributed by atoms with van der Waals surface area (Å²) in [7, 11) is 0. The molecule has 0 N–H and O–H groups in total. The maximum Gasteiger partial charge on any atom is 0.263 e. The molecule has 172 valence electrons. The number of hydrogen-bond acceptors (Lipinski definition) is 5. The van der Waals surface area contributed by atoms with Gasteiger partial charge in [-0.05, 0) is 59.0 Å². The maximum atomic E-state index is 9.17. The van der Waals surface area contributed by atoms with Gasteiger partial charge in [0.15, 0.2) is 0 Å². The van der Waals surface area contributed by atoms with Gasteiger partial charge in [-0.1, -0.05) is 50.2 Å². The van der Waals surface area contributed by atoms with E-state index >= 15 is 0 Å². The molecule has 0 aliphatic heterocycles. The summed E-state index contributed by atoms with van der Waals surface area (Å²) >= 11 is 3.36. The van der Waals surface area contributed by atoms with Crippen LogP contribution in [0.1, 0.15) is 29.9 Å². The van der Waals surface area contributed by atoms with E-state index in [9.17, 15) is 0 Å². The first-order valence-corrected chi connectivity index (χ1v) is 13.1. The molecule has 1 aliphatic carbocycles. The van der Waals surface area contributed by atoms with Crippen LogP contribution in [0.15, 0.2) is 84.7 Å². The molecule has 0 bridgehead atoms. The molecule has 0 amide bonds. The Morgan fingerprint density at radius 3 is 2.53 bits per heavy atom. The summed E-state index contributed by atoms with van der Waals surface area (Å²) in [6, 6.07) is 27.4. The summed E-state index contributed by atoms with van der Waals surface area (Å²) in [6.07, 6.45) is 3.62. The van der Waals surface area contributed by atoms with E-state index in [1.54, 1.807) is 28.7 Å². The first-order valence-electron chi connectivity index (χ1n) is 11.5. The second kappa shape index (κ2) is 8.46. The molecule has 5 aromatic rings. The van der Waals surface area contributed by atoms with Gasteiger partial charge in [0, 0.05) is 20.7 Å². The molecule has 36 heavy (non-hydrogen) atoms. The van der Waals surface area contributed by atoms with Crippen LogP contribution < -0.4 is 4.90 Å². The zero-order valence-corrected chi connectivity index (χ0v) is 21.3. The predicted molar refractivity (Wildman–Crippen MR) is 150 cm³/mol. The minimum atomic E-state index is -0.246. The number of allylic oxidation sites excluding steroid dienone is 1. The summed E-state index contributed by atoms with van der Waals surface area (Å²) in [4.78, 5) is 12.6. The van der Waals surface area contributed by atoms with Crippen molar-refractivity contribution >= 4 is 55.2 Å². The number of benzene rings is 2. The third-order valence-corrected chi connectivity index (χ3v) is 8.80. The molecule has 3 aromatic heterocycles. The van der Waals surface area contributed by atoms with Gasteiger partial charge in [0.25, 0.3) is 5.70 Å². The van der Waals surface area contributed by atoms with Gasteiger partial charge >= 0.3 is 0 Å². The Hall–Kier alpha value is -4.23. The number of thiophene rings is 2. The topological polar surface area (TPSA) is 44.3 Å². The minimum absolute atomic E-state index is 0.0955. The summed E-state index contributed by atoms with van der Waals surface area (Å²) in [5, 5.41) is 11.5. The lowest BCUT2D eigenvalue weighted by atomic mass is 9.83. The van der Waals surface area contributed by atoms with Crippen molar-refractivity contribution in [2.45, 2.75) is 19.3 Å². The lowest BCUT2D eigenvalue weighted by Crippen LogP contribution is -2.16. The van der Waals surface area contributed by atoms with Crippen LogP contribution in [-0.2, 0) is 5.41 Å². The lowest BCUT2D eigenvalue weighted by molar-refractivity contribution is 0.660. The normalized spacial score (nSPS) is 13.6. The van der Waals surface area contributed by atoms with Crippen molar-refractivity contribution in [1.29, 1.82) is 5.26 Å². The van der Waals surface area contributed by atoms with Crippen LogP contribution in [0.4, 0.5) is 16.4 Å². The number of nitriles is 1. The van der Waals surface area contributed by atoms with E-state index in [0.29, 0.717) is 0 Å². The number of hydrogen-bond donors (Lipinski definition) is 0. The average Bonchev–Trinajstić information content (AvgIpc) is 3.57. The molecule has 0 saturated heterocycles. The highest BCUT2D eigenvalue weighted by Crippen LogP contribution is 2.53. The van der Waals surface area contributed by atoms with E-state index in [1.165, 1.54) is 21.2 Å². The standard InChI is InChI=1S/C30H20N4S2/c1-30(2)24-15-22(18-33-28(24)29-25(30)16-23(35-29)14-20(17-31)32-3)34(21-10-5-4-6-11-21)27-13-19-9-7-8-12-26(19)36-27/h4-16,18H,1-2H3/b20-14-. The lowest BCUT2D eigenvalue weighted by Gasteiger charge is -2.26. The van der Waals surface area contributed by atoms with Gasteiger partial charge in [-0.25, -0.2) is 10.1 Å². The van der Waals surface area contributed by atoms with Crippen LogP contribution in [0.5, 0.6) is 0 Å². The highest BCUT2D eigenvalue weighted by molar-refractivity contribution is 7.23. The maximum absolute atomic E-state index is 9.17. The second-order valence-corrected chi connectivity index (χ2v) is 11.3. The van der Waals surface area contributed by atoms with Crippen molar-refractivity contribution in [2.75, 3.05) is 4.90 Å². The Labute approximate surface area is 217 Å². The van der Waals surface area contributed by atoms with Crippen LogP contribution in [0.2, 0.25) is 0 Å². The minimum Gasteiger partial charge on any atom is -0.300 e. The fourth-order valence-electron chi connectivity index (χ4n) is 4.78. The van der Waals surface area contributed by atoms with Gasteiger partial charge in [0.1, 0.15) is 5.00 Å². The number of anilines is 3. The van der Waals surface area contributed by atoms with Crippen LogP contribution in [0.25, 0.3) is 31.6 Å². The zero-order chi connectivity index (χ0) is 24.9. The van der Waals surface area contributed by atoms with Crippen molar-refractivity contribution in [1.82, 2.24) is 4.98 Å². The highest BCUT2D eigenvalue weighted by atomic mass is 32.1. The average molecular weight is 501 g/mol. The van der Waals surface area contributed by atoms with Gasteiger partial charge < -0.3 is 4.90 Å². The number of aromatic nitrogens is 1. The van der Waals surface area contributed by atoms with Gasteiger partial charge in [-0.2, -0.15) is 0 Å². The van der Waals surface area contributed by atoms with Crippen LogP contribution >= 0.6 is 22.7 Å². The molecule has 6 heteroatoms. The molecule has 0 saturated carbocycles. The molecule has 6 rings (SSSR count).